The van der Waals surface area contributed by atoms with Crippen LogP contribution in [-0.2, 0) is 65.4 Å². The lowest BCUT2D eigenvalue weighted by Crippen LogP contribution is -2.30. The van der Waals surface area contributed by atoms with Crippen LogP contribution in [0.5, 0.6) is 0 Å². The molecule has 19 heteroatoms. The number of hydrogen-bond acceptors (Lipinski definition) is 15. The highest BCUT2D eigenvalue weighted by Crippen LogP contribution is 2.45. The summed E-state index contributed by atoms with van der Waals surface area (Å²) in [6, 6.07) is 0. The number of phosphoric acid groups is 2. The number of aliphatic hydroxyl groups is 1. The molecule has 0 radical (unpaired) electrons. The van der Waals surface area contributed by atoms with Crippen molar-refractivity contribution in [1.82, 2.24) is 0 Å². The number of phosphoric ester groups is 2. The van der Waals surface area contributed by atoms with E-state index in [1.807, 2.05) is 0 Å². The number of aliphatic hydroxyl groups excluding tert-OH is 1. The standard InChI is InChI=1S/C76H148O17P2/c1-9-69(8)55-47-39-29-25-21-16-14-12-10-11-13-15-17-23-27-31-42-50-58-75(80)92-71(62-86-73(78)56-48-40-30-26-22-19-18-20-24-28-36-44-52-66(2)3)64-90-94(82,83)88-60-70(77)61-89-95(84,85)91-65-72(93-76(81)59-51-43-35-33-38-46-54-68(6)7)63-87-74(79)57-49-41-34-32-37-45-53-67(4)5/h66-72,77H,9-65H2,1-8H3,(H,82,83)(H,84,85)/t69?,70-,71-,72-/m1/s1. The molecule has 0 spiro atoms. The number of carbonyl (C=O) groups is 4. The first-order valence-electron chi connectivity index (χ1n) is 39.2. The lowest BCUT2D eigenvalue weighted by molar-refractivity contribution is -0.161. The maximum Gasteiger partial charge on any atom is 0.472 e. The van der Waals surface area contributed by atoms with Crippen LogP contribution in [0.3, 0.4) is 0 Å². The molecule has 0 bridgehead atoms. The van der Waals surface area contributed by atoms with Crippen molar-refractivity contribution in [3.8, 4) is 0 Å². The molecule has 3 N–H and O–H groups in total. The van der Waals surface area contributed by atoms with Crippen LogP contribution in [0.15, 0.2) is 0 Å². The van der Waals surface area contributed by atoms with Gasteiger partial charge in [0.15, 0.2) is 12.2 Å². The Morgan fingerprint density at radius 3 is 0.747 bits per heavy atom. The van der Waals surface area contributed by atoms with Gasteiger partial charge in [-0.15, -0.1) is 0 Å². The average molecular weight is 1400 g/mol. The van der Waals surface area contributed by atoms with E-state index >= 15 is 0 Å². The Labute approximate surface area is 581 Å². The zero-order chi connectivity index (χ0) is 70.3. The number of unbranched alkanes of at least 4 members (excludes halogenated alkanes) is 38. The summed E-state index contributed by atoms with van der Waals surface area (Å²) in [4.78, 5) is 72.6. The summed E-state index contributed by atoms with van der Waals surface area (Å²) in [5.41, 5.74) is 0. The highest BCUT2D eigenvalue weighted by atomic mass is 31.2. The minimum absolute atomic E-state index is 0.101. The van der Waals surface area contributed by atoms with Gasteiger partial charge in [-0.25, -0.2) is 9.13 Å². The van der Waals surface area contributed by atoms with E-state index < -0.39 is 97.5 Å². The van der Waals surface area contributed by atoms with Gasteiger partial charge in [0, 0.05) is 25.7 Å². The highest BCUT2D eigenvalue weighted by Gasteiger charge is 2.30. The van der Waals surface area contributed by atoms with Gasteiger partial charge in [-0.1, -0.05) is 331 Å². The molecule has 0 saturated heterocycles. The Kier molecular flexibility index (Phi) is 64.0. The molecule has 564 valence electrons. The SMILES string of the molecule is CCC(C)CCCCCCCCCCCCCCCCCCCCC(=O)O[C@H](COC(=O)CCCCCCCCCCCCCCC(C)C)COP(=O)(O)OC[C@@H](O)COP(=O)(O)OC[C@@H](COC(=O)CCCCCCCCC(C)C)OC(=O)CCCCCCCCC(C)C. The van der Waals surface area contributed by atoms with E-state index in [1.165, 1.54) is 180 Å². The number of carbonyl (C=O) groups excluding carboxylic acids is 4. The molecule has 3 unspecified atom stereocenters. The normalized spacial score (nSPS) is 14.4. The summed E-state index contributed by atoms with van der Waals surface area (Å²) >= 11 is 0. The van der Waals surface area contributed by atoms with E-state index in [0.717, 1.165) is 108 Å². The molecular formula is C76H148O17P2. The first-order chi connectivity index (χ1) is 45.6. The molecule has 0 rings (SSSR count). The van der Waals surface area contributed by atoms with Crippen molar-refractivity contribution in [2.45, 2.75) is 401 Å². The molecule has 0 aliphatic heterocycles. The van der Waals surface area contributed by atoms with Gasteiger partial charge in [0.2, 0.25) is 0 Å². The first-order valence-corrected chi connectivity index (χ1v) is 42.2. The summed E-state index contributed by atoms with van der Waals surface area (Å²) in [6.45, 7) is 14.1. The molecule has 0 saturated carbocycles. The van der Waals surface area contributed by atoms with Crippen molar-refractivity contribution < 1.29 is 80.2 Å². The van der Waals surface area contributed by atoms with Crippen LogP contribution in [0, 0.1) is 23.7 Å². The second-order valence-electron chi connectivity index (χ2n) is 29.1. The van der Waals surface area contributed by atoms with E-state index in [9.17, 15) is 43.2 Å². The summed E-state index contributed by atoms with van der Waals surface area (Å²) in [5.74, 6) is 0.873. The Morgan fingerprint density at radius 1 is 0.295 bits per heavy atom. The van der Waals surface area contributed by atoms with E-state index in [1.54, 1.807) is 0 Å². The van der Waals surface area contributed by atoms with Crippen LogP contribution in [0.25, 0.3) is 0 Å². The highest BCUT2D eigenvalue weighted by molar-refractivity contribution is 7.47. The fourth-order valence-corrected chi connectivity index (χ4v) is 13.1. The van der Waals surface area contributed by atoms with Crippen molar-refractivity contribution in [3.63, 3.8) is 0 Å². The van der Waals surface area contributed by atoms with Crippen LogP contribution >= 0.6 is 15.6 Å². The molecular weight excluding hydrogens is 1250 g/mol. The van der Waals surface area contributed by atoms with Crippen LogP contribution in [-0.4, -0.2) is 96.7 Å². The maximum atomic E-state index is 13.1. The molecule has 95 heavy (non-hydrogen) atoms. The Bertz CT molecular complexity index is 1870. The number of ether oxygens (including phenoxy) is 4. The van der Waals surface area contributed by atoms with Gasteiger partial charge in [-0.3, -0.25) is 37.3 Å². The van der Waals surface area contributed by atoms with Gasteiger partial charge < -0.3 is 33.8 Å². The number of esters is 4. The summed E-state index contributed by atoms with van der Waals surface area (Å²) in [5, 5.41) is 10.6. The number of hydrogen-bond donors (Lipinski definition) is 3. The lowest BCUT2D eigenvalue weighted by atomic mass is 9.99. The molecule has 6 atom stereocenters. The van der Waals surface area contributed by atoms with Gasteiger partial charge in [0.05, 0.1) is 26.4 Å². The van der Waals surface area contributed by atoms with Crippen LogP contribution < -0.4 is 0 Å². The predicted octanol–water partition coefficient (Wildman–Crippen LogP) is 22.0. The van der Waals surface area contributed by atoms with Gasteiger partial charge in [0.1, 0.15) is 19.3 Å². The van der Waals surface area contributed by atoms with Crippen molar-refractivity contribution in [3.05, 3.63) is 0 Å². The van der Waals surface area contributed by atoms with Crippen LogP contribution in [0.1, 0.15) is 383 Å². The fourth-order valence-electron chi connectivity index (χ4n) is 11.5. The summed E-state index contributed by atoms with van der Waals surface area (Å²) in [6.07, 6.45) is 50.4. The monoisotopic (exact) mass is 1400 g/mol. The smallest absolute Gasteiger partial charge is 0.462 e. The maximum absolute atomic E-state index is 13.1. The minimum atomic E-state index is -4.96. The third kappa shape index (κ3) is 69.0. The Morgan fingerprint density at radius 2 is 0.505 bits per heavy atom. The lowest BCUT2D eigenvalue weighted by Gasteiger charge is -2.21. The van der Waals surface area contributed by atoms with Gasteiger partial charge in [-0.05, 0) is 49.4 Å². The molecule has 0 fully saturated rings. The van der Waals surface area contributed by atoms with Crippen molar-refractivity contribution in [2.75, 3.05) is 39.6 Å². The third-order valence-electron chi connectivity index (χ3n) is 17.9. The predicted molar refractivity (Wildman–Crippen MR) is 386 cm³/mol. The fraction of sp³-hybridized carbons (Fsp3) is 0.947. The van der Waals surface area contributed by atoms with E-state index in [4.69, 9.17) is 37.0 Å². The van der Waals surface area contributed by atoms with Crippen molar-refractivity contribution in [1.29, 1.82) is 0 Å². The molecule has 0 heterocycles. The summed E-state index contributed by atoms with van der Waals surface area (Å²) < 4.78 is 68.4. The van der Waals surface area contributed by atoms with Gasteiger partial charge in [-0.2, -0.15) is 0 Å². The zero-order valence-corrected chi connectivity index (χ0v) is 64.1. The van der Waals surface area contributed by atoms with Gasteiger partial charge >= 0.3 is 39.5 Å². The second kappa shape index (κ2) is 65.4. The van der Waals surface area contributed by atoms with Crippen molar-refractivity contribution in [2.24, 2.45) is 23.7 Å². The van der Waals surface area contributed by atoms with E-state index in [0.29, 0.717) is 37.5 Å². The second-order valence-corrected chi connectivity index (χ2v) is 32.0. The Balaban J connectivity index is 5.17. The molecule has 0 aromatic heterocycles. The average Bonchev–Trinajstić information content (AvgIpc) is 1.93. The quantitative estimate of drug-likeness (QED) is 0.0222. The largest absolute Gasteiger partial charge is 0.472 e. The molecule has 0 aliphatic rings. The third-order valence-corrected chi connectivity index (χ3v) is 19.8. The van der Waals surface area contributed by atoms with Crippen LogP contribution in [0.2, 0.25) is 0 Å². The molecule has 0 aromatic rings. The molecule has 0 aliphatic carbocycles. The molecule has 17 nitrogen and oxygen atoms in total. The topological polar surface area (TPSA) is 237 Å². The minimum Gasteiger partial charge on any atom is -0.462 e. The van der Waals surface area contributed by atoms with Gasteiger partial charge in [0.25, 0.3) is 0 Å². The van der Waals surface area contributed by atoms with Crippen molar-refractivity contribution >= 4 is 39.5 Å². The number of rotatable bonds is 73. The van der Waals surface area contributed by atoms with Crippen LogP contribution in [0.4, 0.5) is 0 Å². The van der Waals surface area contributed by atoms with E-state index in [2.05, 4.69) is 55.4 Å². The summed E-state index contributed by atoms with van der Waals surface area (Å²) in [7, 11) is -9.91. The first kappa shape index (κ1) is 93.1. The zero-order valence-electron chi connectivity index (χ0n) is 62.3. The molecule has 0 amide bonds. The Hall–Kier alpha value is -1.94. The molecule has 0 aromatic carbocycles. The van der Waals surface area contributed by atoms with E-state index in [-0.39, 0.29) is 25.7 Å².